The van der Waals surface area contributed by atoms with Crippen molar-refractivity contribution in [3.05, 3.63) is 52.7 Å². The average molecular weight is 359 g/mol. The van der Waals surface area contributed by atoms with Gasteiger partial charge in [-0.3, -0.25) is 9.69 Å². The number of nitrogens with zero attached hydrogens (tertiary/aromatic N) is 2. The number of hydrogen-bond donors (Lipinski definition) is 1. The van der Waals surface area contributed by atoms with Crippen LogP contribution in [0.15, 0.2) is 47.2 Å². The van der Waals surface area contributed by atoms with Crippen LogP contribution in [0.2, 0.25) is 0 Å². The third kappa shape index (κ3) is 5.29. The molecule has 1 N–H and O–H groups in total. The smallest absolute Gasteiger partial charge is 0.258 e. The molecule has 2 heterocycles. The first kappa shape index (κ1) is 17.9. The van der Waals surface area contributed by atoms with E-state index in [0.29, 0.717) is 12.3 Å². The van der Waals surface area contributed by atoms with Crippen LogP contribution in [0, 0.1) is 0 Å². The number of ether oxygens (including phenoxy) is 1. The molecule has 25 heavy (non-hydrogen) atoms. The summed E-state index contributed by atoms with van der Waals surface area (Å²) in [6.45, 7) is 4.82. The fourth-order valence-corrected chi connectivity index (χ4v) is 3.69. The van der Waals surface area contributed by atoms with Crippen molar-refractivity contribution in [2.75, 3.05) is 46.4 Å². The maximum atomic E-state index is 12.2. The lowest BCUT2D eigenvalue weighted by molar-refractivity contribution is -0.123. The molecule has 1 fully saturated rings. The first-order valence-electron chi connectivity index (χ1n) is 8.61. The van der Waals surface area contributed by atoms with E-state index >= 15 is 0 Å². The molecule has 134 valence electrons. The number of likely N-dealkylation sites (N-methyl/N-ethyl adjacent to an activating group) is 1. The molecule has 0 saturated carbocycles. The van der Waals surface area contributed by atoms with E-state index in [1.54, 1.807) is 11.3 Å². The Kier molecular flexibility index (Phi) is 6.44. The third-order valence-corrected chi connectivity index (χ3v) is 5.21. The first-order chi connectivity index (χ1) is 12.2. The summed E-state index contributed by atoms with van der Waals surface area (Å²) in [6.07, 6.45) is 0. The van der Waals surface area contributed by atoms with Crippen LogP contribution >= 0.6 is 11.3 Å². The van der Waals surface area contributed by atoms with Crippen molar-refractivity contribution in [2.24, 2.45) is 0 Å². The molecule has 1 aliphatic rings. The van der Waals surface area contributed by atoms with Gasteiger partial charge < -0.3 is 15.0 Å². The minimum Gasteiger partial charge on any atom is -0.484 e. The number of amides is 1. The van der Waals surface area contributed by atoms with Gasteiger partial charge in [-0.15, -0.1) is 0 Å². The fourth-order valence-electron chi connectivity index (χ4n) is 2.98. The maximum absolute atomic E-state index is 12.2. The van der Waals surface area contributed by atoms with Crippen molar-refractivity contribution < 1.29 is 9.53 Å². The molecule has 1 unspecified atom stereocenters. The number of benzene rings is 1. The Hall–Kier alpha value is -1.89. The number of para-hydroxylation sites is 1. The lowest BCUT2D eigenvalue weighted by atomic mass is 10.1. The predicted molar refractivity (Wildman–Crippen MR) is 101 cm³/mol. The largest absolute Gasteiger partial charge is 0.484 e. The Bertz CT molecular complexity index is 640. The first-order valence-corrected chi connectivity index (χ1v) is 9.56. The lowest BCUT2D eigenvalue weighted by Crippen LogP contribution is -2.48. The number of rotatable bonds is 7. The Labute approximate surface area is 153 Å². The van der Waals surface area contributed by atoms with Crippen LogP contribution in [0.1, 0.15) is 11.6 Å². The van der Waals surface area contributed by atoms with Gasteiger partial charge in [0, 0.05) is 32.7 Å². The molecule has 1 aliphatic heterocycles. The van der Waals surface area contributed by atoms with E-state index in [1.165, 1.54) is 5.56 Å². The zero-order valence-corrected chi connectivity index (χ0v) is 15.4. The van der Waals surface area contributed by atoms with E-state index in [9.17, 15) is 4.79 Å². The van der Waals surface area contributed by atoms with Gasteiger partial charge in [-0.1, -0.05) is 18.2 Å². The molecule has 2 aromatic rings. The van der Waals surface area contributed by atoms with Gasteiger partial charge in [0.15, 0.2) is 6.61 Å². The van der Waals surface area contributed by atoms with Crippen molar-refractivity contribution in [3.63, 3.8) is 0 Å². The van der Waals surface area contributed by atoms with Crippen LogP contribution in [-0.2, 0) is 4.79 Å². The Morgan fingerprint density at radius 3 is 2.64 bits per heavy atom. The van der Waals surface area contributed by atoms with Crippen molar-refractivity contribution >= 4 is 17.2 Å². The second-order valence-electron chi connectivity index (χ2n) is 6.32. The van der Waals surface area contributed by atoms with E-state index in [0.717, 1.165) is 26.2 Å². The topological polar surface area (TPSA) is 44.8 Å². The summed E-state index contributed by atoms with van der Waals surface area (Å²) in [7, 11) is 2.15. The predicted octanol–water partition coefficient (Wildman–Crippen LogP) is 2.23. The molecule has 0 radical (unpaired) electrons. The summed E-state index contributed by atoms with van der Waals surface area (Å²) < 4.78 is 5.52. The van der Waals surface area contributed by atoms with Crippen LogP contribution in [0.5, 0.6) is 5.75 Å². The lowest BCUT2D eigenvalue weighted by Gasteiger charge is -2.38. The van der Waals surface area contributed by atoms with E-state index in [-0.39, 0.29) is 18.6 Å². The molecule has 0 bridgehead atoms. The Morgan fingerprint density at radius 1 is 1.20 bits per heavy atom. The summed E-state index contributed by atoms with van der Waals surface area (Å²) in [5, 5.41) is 7.31. The second kappa shape index (κ2) is 8.99. The molecule has 0 aliphatic carbocycles. The Balaban J connectivity index is 1.52. The van der Waals surface area contributed by atoms with Crippen molar-refractivity contribution in [3.8, 4) is 5.75 Å². The molecule has 3 rings (SSSR count). The summed E-state index contributed by atoms with van der Waals surface area (Å²) in [5.41, 5.74) is 1.28. The summed E-state index contributed by atoms with van der Waals surface area (Å²) in [4.78, 5) is 17.0. The quantitative estimate of drug-likeness (QED) is 0.823. The van der Waals surface area contributed by atoms with Crippen LogP contribution in [-0.4, -0.2) is 62.1 Å². The molecule has 1 saturated heterocycles. The van der Waals surface area contributed by atoms with Gasteiger partial charge in [-0.25, -0.2) is 0 Å². The van der Waals surface area contributed by atoms with E-state index < -0.39 is 0 Å². The number of hydrogen-bond acceptors (Lipinski definition) is 5. The molecule has 6 heteroatoms. The number of thiophene rings is 1. The molecular weight excluding hydrogens is 334 g/mol. The Morgan fingerprint density at radius 2 is 1.96 bits per heavy atom. The van der Waals surface area contributed by atoms with Gasteiger partial charge in [0.1, 0.15) is 5.75 Å². The number of piperazine rings is 1. The van der Waals surface area contributed by atoms with Gasteiger partial charge in [-0.05, 0) is 41.6 Å². The highest BCUT2D eigenvalue weighted by Gasteiger charge is 2.24. The zero-order chi connectivity index (χ0) is 17.5. The molecule has 0 spiro atoms. The normalized spacial score (nSPS) is 17.2. The molecule has 1 aromatic carbocycles. The van der Waals surface area contributed by atoms with Gasteiger partial charge in [0.2, 0.25) is 0 Å². The molecule has 1 aromatic heterocycles. The summed E-state index contributed by atoms with van der Waals surface area (Å²) in [5.74, 6) is 0.629. The van der Waals surface area contributed by atoms with Crippen molar-refractivity contribution in [1.82, 2.24) is 15.1 Å². The second-order valence-corrected chi connectivity index (χ2v) is 7.10. The number of nitrogens with one attached hydrogen (secondary N) is 1. The average Bonchev–Trinajstić information content (AvgIpc) is 3.17. The van der Waals surface area contributed by atoms with Crippen LogP contribution in [0.3, 0.4) is 0 Å². The van der Waals surface area contributed by atoms with Crippen LogP contribution < -0.4 is 10.1 Å². The molecular formula is C19H25N3O2S. The van der Waals surface area contributed by atoms with Gasteiger partial charge in [-0.2, -0.15) is 11.3 Å². The third-order valence-electron chi connectivity index (χ3n) is 4.51. The number of carbonyl (C=O) groups is 1. The molecule has 5 nitrogen and oxygen atoms in total. The molecule has 1 amide bonds. The van der Waals surface area contributed by atoms with Gasteiger partial charge >= 0.3 is 0 Å². The van der Waals surface area contributed by atoms with Crippen molar-refractivity contribution in [1.29, 1.82) is 0 Å². The minimum atomic E-state index is -0.0850. The highest BCUT2D eigenvalue weighted by molar-refractivity contribution is 7.07. The maximum Gasteiger partial charge on any atom is 0.258 e. The van der Waals surface area contributed by atoms with Crippen molar-refractivity contribution in [2.45, 2.75) is 6.04 Å². The van der Waals surface area contributed by atoms with E-state index in [4.69, 9.17) is 4.74 Å². The standard InChI is InChI=1S/C19H25N3O2S/c1-21-8-10-22(11-9-21)18(16-7-12-25-15-16)13-20-19(23)14-24-17-5-3-2-4-6-17/h2-7,12,15,18H,8-11,13-14H2,1H3,(H,20,23). The van der Waals surface area contributed by atoms with Crippen LogP contribution in [0.25, 0.3) is 0 Å². The van der Waals surface area contributed by atoms with E-state index in [1.807, 2.05) is 30.3 Å². The summed E-state index contributed by atoms with van der Waals surface area (Å²) in [6, 6.07) is 11.8. The summed E-state index contributed by atoms with van der Waals surface area (Å²) >= 11 is 1.70. The van der Waals surface area contributed by atoms with Crippen LogP contribution in [0.4, 0.5) is 0 Å². The number of carbonyl (C=O) groups excluding carboxylic acids is 1. The van der Waals surface area contributed by atoms with Gasteiger partial charge in [0.25, 0.3) is 5.91 Å². The highest BCUT2D eigenvalue weighted by Crippen LogP contribution is 2.23. The van der Waals surface area contributed by atoms with E-state index in [2.05, 4.69) is 39.0 Å². The SMILES string of the molecule is CN1CCN(C(CNC(=O)COc2ccccc2)c2ccsc2)CC1. The minimum absolute atomic E-state index is 0.0448. The zero-order valence-electron chi connectivity index (χ0n) is 14.6. The van der Waals surface area contributed by atoms with Gasteiger partial charge in [0.05, 0.1) is 6.04 Å². The monoisotopic (exact) mass is 359 g/mol. The highest BCUT2D eigenvalue weighted by atomic mass is 32.1. The molecule has 1 atom stereocenters. The fraction of sp³-hybridized carbons (Fsp3) is 0.421.